The van der Waals surface area contributed by atoms with Crippen LogP contribution in [0.2, 0.25) is 0 Å². The zero-order valence-electron chi connectivity index (χ0n) is 6.93. The van der Waals surface area contributed by atoms with E-state index in [9.17, 15) is 4.79 Å². The summed E-state index contributed by atoms with van der Waals surface area (Å²) in [7, 11) is 1.56. The summed E-state index contributed by atoms with van der Waals surface area (Å²) in [4.78, 5) is 11.1. The summed E-state index contributed by atoms with van der Waals surface area (Å²) in [6, 6.07) is 5.55. The molecule has 0 atom stereocenters. The van der Waals surface area contributed by atoms with Crippen LogP contribution in [0.4, 0.5) is 0 Å². The predicted octanol–water partition coefficient (Wildman–Crippen LogP) is 2.58. The quantitative estimate of drug-likeness (QED) is 0.613. The lowest BCUT2D eigenvalue weighted by Crippen LogP contribution is -1.94. The molecule has 3 heteroatoms. The molecule has 0 N–H and O–H groups in total. The van der Waals surface area contributed by atoms with Crippen LogP contribution in [0.1, 0.15) is 15.9 Å². The third-order valence-corrected chi connectivity index (χ3v) is 2.15. The second-order valence-electron chi connectivity index (χ2n) is 2.48. The Morgan fingerprint density at radius 2 is 2.17 bits per heavy atom. The largest absolute Gasteiger partial charge is 0.496 e. The van der Waals surface area contributed by atoms with Crippen LogP contribution in [0, 0.1) is 6.92 Å². The highest BCUT2D eigenvalue weighted by atomic mass is 127. The van der Waals surface area contributed by atoms with Crippen LogP contribution < -0.4 is 4.74 Å². The molecule has 12 heavy (non-hydrogen) atoms. The van der Waals surface area contributed by atoms with Crippen molar-refractivity contribution in [1.29, 1.82) is 0 Å². The molecule has 0 heterocycles. The number of halogens is 1. The highest BCUT2D eigenvalue weighted by Gasteiger charge is 2.08. The molecule has 0 fully saturated rings. The molecule has 0 saturated carbocycles. The van der Waals surface area contributed by atoms with Gasteiger partial charge in [-0.1, -0.05) is 11.6 Å². The summed E-state index contributed by atoms with van der Waals surface area (Å²) in [6.45, 7) is 1.95. The number of hydrogen-bond donors (Lipinski definition) is 0. The van der Waals surface area contributed by atoms with Crippen molar-refractivity contribution < 1.29 is 9.53 Å². The average Bonchev–Trinajstić information content (AvgIpc) is 2.04. The van der Waals surface area contributed by atoms with Crippen LogP contribution in [0.3, 0.4) is 0 Å². The minimum atomic E-state index is 0.00755. The molecule has 0 spiro atoms. The van der Waals surface area contributed by atoms with Crippen molar-refractivity contribution >= 4 is 26.4 Å². The molecule has 1 rings (SSSR count). The monoisotopic (exact) mass is 276 g/mol. The van der Waals surface area contributed by atoms with Crippen molar-refractivity contribution in [3.8, 4) is 5.75 Å². The molecule has 0 unspecified atom stereocenters. The van der Waals surface area contributed by atoms with Gasteiger partial charge in [-0.25, -0.2) is 0 Å². The molecular weight excluding hydrogens is 267 g/mol. The second kappa shape index (κ2) is 3.89. The molecule has 0 aliphatic carbocycles. The van der Waals surface area contributed by atoms with Gasteiger partial charge in [0.15, 0.2) is 0 Å². The molecule has 2 nitrogen and oxygen atoms in total. The SMILES string of the molecule is COc1ccc(C)cc1C(=O)I. The van der Waals surface area contributed by atoms with Gasteiger partial charge in [0.1, 0.15) is 5.75 Å². The van der Waals surface area contributed by atoms with Crippen molar-refractivity contribution in [2.75, 3.05) is 7.11 Å². The Morgan fingerprint density at radius 1 is 1.50 bits per heavy atom. The zero-order valence-corrected chi connectivity index (χ0v) is 9.08. The van der Waals surface area contributed by atoms with Gasteiger partial charge < -0.3 is 4.74 Å². The van der Waals surface area contributed by atoms with Crippen LogP contribution in [-0.4, -0.2) is 10.9 Å². The third kappa shape index (κ3) is 1.97. The van der Waals surface area contributed by atoms with Crippen LogP contribution >= 0.6 is 22.6 Å². The number of aryl methyl sites for hydroxylation is 1. The maximum Gasteiger partial charge on any atom is 0.226 e. The van der Waals surface area contributed by atoms with E-state index in [4.69, 9.17) is 4.74 Å². The van der Waals surface area contributed by atoms with E-state index in [1.165, 1.54) is 0 Å². The van der Waals surface area contributed by atoms with Crippen molar-refractivity contribution in [2.45, 2.75) is 6.92 Å². The summed E-state index contributed by atoms with van der Waals surface area (Å²) in [5, 5.41) is 0. The highest BCUT2D eigenvalue weighted by molar-refractivity contribution is 14.1. The van der Waals surface area contributed by atoms with Crippen molar-refractivity contribution in [2.24, 2.45) is 0 Å². The lowest BCUT2D eigenvalue weighted by atomic mass is 10.1. The molecule has 0 aliphatic heterocycles. The topological polar surface area (TPSA) is 26.3 Å². The number of hydrogen-bond acceptors (Lipinski definition) is 2. The minimum Gasteiger partial charge on any atom is -0.496 e. The van der Waals surface area contributed by atoms with Gasteiger partial charge in [-0.05, 0) is 19.1 Å². The molecule has 0 saturated heterocycles. The van der Waals surface area contributed by atoms with E-state index < -0.39 is 0 Å². The molecular formula is C9H9IO2. The van der Waals surface area contributed by atoms with E-state index >= 15 is 0 Å². The van der Waals surface area contributed by atoms with Gasteiger partial charge >= 0.3 is 0 Å². The summed E-state index contributed by atoms with van der Waals surface area (Å²) in [5.74, 6) is 0.639. The molecule has 1 aromatic rings. The number of methoxy groups -OCH3 is 1. The van der Waals surface area contributed by atoms with E-state index in [1.807, 2.05) is 19.1 Å². The maximum absolute atomic E-state index is 11.1. The predicted molar refractivity (Wildman–Crippen MR) is 56.1 cm³/mol. The Kier molecular flexibility index (Phi) is 3.08. The fourth-order valence-electron chi connectivity index (χ4n) is 0.975. The van der Waals surface area contributed by atoms with E-state index in [0.717, 1.165) is 5.56 Å². The first-order valence-electron chi connectivity index (χ1n) is 3.49. The van der Waals surface area contributed by atoms with Crippen molar-refractivity contribution in [1.82, 2.24) is 0 Å². The van der Waals surface area contributed by atoms with Crippen LogP contribution in [0.5, 0.6) is 5.75 Å². The molecule has 64 valence electrons. The summed E-state index contributed by atoms with van der Waals surface area (Å²) in [6.07, 6.45) is 0. The summed E-state index contributed by atoms with van der Waals surface area (Å²) in [5.41, 5.74) is 1.70. The second-order valence-corrected chi connectivity index (χ2v) is 3.46. The van der Waals surface area contributed by atoms with E-state index in [1.54, 1.807) is 35.8 Å². The van der Waals surface area contributed by atoms with Gasteiger partial charge in [0.05, 0.1) is 12.7 Å². The third-order valence-electron chi connectivity index (χ3n) is 1.57. The maximum atomic E-state index is 11.1. The number of carbonyl (C=O) groups is 1. The Bertz CT molecular complexity index is 307. The minimum absolute atomic E-state index is 0.00755. The number of rotatable bonds is 2. The molecule has 0 radical (unpaired) electrons. The summed E-state index contributed by atoms with van der Waals surface area (Å²) < 4.78 is 5.04. The Labute approximate surface area is 85.1 Å². The van der Waals surface area contributed by atoms with Gasteiger partial charge in [0, 0.05) is 22.6 Å². The van der Waals surface area contributed by atoms with E-state index in [-0.39, 0.29) is 3.79 Å². The number of benzene rings is 1. The lowest BCUT2D eigenvalue weighted by Gasteiger charge is -2.04. The standard InChI is InChI=1S/C9H9IO2/c1-6-3-4-8(12-2)7(5-6)9(10)11/h3-5H,1-2H3. The average molecular weight is 276 g/mol. The fourth-order valence-corrected chi connectivity index (χ4v) is 1.40. The van der Waals surface area contributed by atoms with Crippen molar-refractivity contribution in [3.63, 3.8) is 0 Å². The van der Waals surface area contributed by atoms with Gasteiger partial charge in [0.25, 0.3) is 0 Å². The van der Waals surface area contributed by atoms with E-state index in [0.29, 0.717) is 11.3 Å². The van der Waals surface area contributed by atoms with Crippen LogP contribution in [-0.2, 0) is 0 Å². The van der Waals surface area contributed by atoms with Gasteiger partial charge in [-0.2, -0.15) is 0 Å². The smallest absolute Gasteiger partial charge is 0.226 e. The number of carbonyl (C=O) groups excluding carboxylic acids is 1. The van der Waals surface area contributed by atoms with Crippen LogP contribution in [0.25, 0.3) is 0 Å². The summed E-state index contributed by atoms with van der Waals surface area (Å²) >= 11 is 1.76. The fraction of sp³-hybridized carbons (Fsp3) is 0.222. The lowest BCUT2D eigenvalue weighted by molar-refractivity contribution is 0.110. The molecule has 0 aliphatic rings. The Morgan fingerprint density at radius 3 is 2.67 bits per heavy atom. The first-order chi connectivity index (χ1) is 5.65. The number of ether oxygens (including phenoxy) is 1. The first kappa shape index (κ1) is 9.51. The molecule has 0 aromatic heterocycles. The first-order valence-corrected chi connectivity index (χ1v) is 4.57. The normalized spacial score (nSPS) is 9.58. The Hall–Kier alpha value is -0.580. The highest BCUT2D eigenvalue weighted by Crippen LogP contribution is 2.21. The zero-order chi connectivity index (χ0) is 9.14. The molecule has 0 amide bonds. The molecule has 1 aromatic carbocycles. The Balaban J connectivity index is 3.21. The van der Waals surface area contributed by atoms with Gasteiger partial charge in [-0.3, -0.25) is 4.79 Å². The van der Waals surface area contributed by atoms with Gasteiger partial charge in [0.2, 0.25) is 3.79 Å². The van der Waals surface area contributed by atoms with Crippen molar-refractivity contribution in [3.05, 3.63) is 29.3 Å². The van der Waals surface area contributed by atoms with Crippen LogP contribution in [0.15, 0.2) is 18.2 Å². The van der Waals surface area contributed by atoms with E-state index in [2.05, 4.69) is 0 Å². The van der Waals surface area contributed by atoms with Gasteiger partial charge in [-0.15, -0.1) is 0 Å². The molecule has 0 bridgehead atoms.